The number of alkyl halides is 4. The minimum Gasteiger partial charge on any atom is -0.481 e. The van der Waals surface area contributed by atoms with Gasteiger partial charge in [-0.3, -0.25) is 18.8 Å². The number of methoxy groups -OCH3 is 1. The largest absolute Gasteiger partial charge is 0.481 e. The molecule has 0 radical (unpaired) electrons. The Morgan fingerprint density at radius 2 is 1.69 bits per heavy atom. The van der Waals surface area contributed by atoms with Crippen LogP contribution in [0.15, 0.2) is 88.7 Å². The van der Waals surface area contributed by atoms with Crippen LogP contribution in [0.1, 0.15) is 53.1 Å². The zero-order valence-electron chi connectivity index (χ0n) is 32.6. The summed E-state index contributed by atoms with van der Waals surface area (Å²) in [7, 11) is -2.52. The number of pyridine rings is 1. The molecule has 9 rings (SSSR count). The number of hydrogen-bond donors (Lipinski definition) is 1. The minimum absolute atomic E-state index is 0.00581. The molecule has 2 unspecified atom stereocenters. The number of aromatic nitrogens is 5. The maximum absolute atomic E-state index is 15.5. The first kappa shape index (κ1) is 41.2. The highest BCUT2D eigenvalue weighted by Crippen LogP contribution is 2.68. The summed E-state index contributed by atoms with van der Waals surface area (Å²) in [5.41, 5.74) is -1.22. The summed E-state index contributed by atoms with van der Waals surface area (Å²) in [6.07, 6.45) is -2.08. The van der Waals surface area contributed by atoms with E-state index in [2.05, 4.69) is 15.4 Å². The van der Waals surface area contributed by atoms with Crippen molar-refractivity contribution in [2.75, 3.05) is 33.4 Å². The van der Waals surface area contributed by atoms with Crippen LogP contribution in [0.4, 0.5) is 26.3 Å². The number of rotatable bonds is 12. The molecular weight excluding hydrogens is 845 g/mol. The van der Waals surface area contributed by atoms with Crippen molar-refractivity contribution in [1.82, 2.24) is 33.9 Å². The van der Waals surface area contributed by atoms with Crippen molar-refractivity contribution in [3.05, 3.63) is 129 Å². The molecule has 1 aliphatic heterocycles. The fourth-order valence-corrected chi connectivity index (χ4v) is 9.77. The molecular formula is C42H35F6N7O6S. The molecule has 3 aromatic carbocycles. The number of ether oxygens (including phenoxy) is 2. The highest BCUT2D eigenvalue weighted by Gasteiger charge is 2.67. The Morgan fingerprint density at radius 1 is 0.984 bits per heavy atom. The molecule has 13 nitrogen and oxygen atoms in total. The SMILES string of the molecule is COc1ccc(-c2ccc3c(=O)n(-c4ccc(S(=O)(=O)N5CCOCC5)cc4)c([C@H](Cc4cc(F)cc(F)c4)NC(=O)Cn4nc(C(F)F)c5c4C(F)(F)C4CC54)nc3c2)cn1. The maximum Gasteiger partial charge on any atom is 0.293 e. The molecule has 1 saturated carbocycles. The van der Waals surface area contributed by atoms with E-state index < -0.39 is 87.7 Å². The van der Waals surface area contributed by atoms with Gasteiger partial charge < -0.3 is 14.8 Å². The Balaban J connectivity index is 1.18. The highest BCUT2D eigenvalue weighted by atomic mass is 32.2. The predicted molar refractivity (Wildman–Crippen MR) is 210 cm³/mol. The molecule has 62 heavy (non-hydrogen) atoms. The van der Waals surface area contributed by atoms with Gasteiger partial charge >= 0.3 is 0 Å². The van der Waals surface area contributed by atoms with E-state index in [0.29, 0.717) is 27.8 Å². The Kier molecular flexibility index (Phi) is 10.4. The molecule has 6 aromatic rings. The fourth-order valence-electron chi connectivity index (χ4n) is 8.37. The van der Waals surface area contributed by atoms with E-state index in [1.54, 1.807) is 24.3 Å². The highest BCUT2D eigenvalue weighted by molar-refractivity contribution is 7.89. The zero-order chi connectivity index (χ0) is 43.7. The normalized spacial score (nSPS) is 18.7. The first-order valence-corrected chi connectivity index (χ1v) is 20.8. The van der Waals surface area contributed by atoms with Crippen molar-refractivity contribution >= 4 is 26.8 Å². The van der Waals surface area contributed by atoms with Crippen LogP contribution in [-0.4, -0.2) is 76.4 Å². The average molecular weight is 880 g/mol. The van der Waals surface area contributed by atoms with E-state index in [4.69, 9.17) is 14.5 Å². The van der Waals surface area contributed by atoms with Crippen molar-refractivity contribution in [2.24, 2.45) is 5.92 Å². The first-order chi connectivity index (χ1) is 29.6. The molecule has 0 bridgehead atoms. The van der Waals surface area contributed by atoms with Crippen LogP contribution in [0.3, 0.4) is 0 Å². The quantitative estimate of drug-likeness (QED) is 0.142. The lowest BCUT2D eigenvalue weighted by Gasteiger charge is -2.26. The van der Waals surface area contributed by atoms with Gasteiger partial charge in [-0.1, -0.05) is 6.07 Å². The molecule has 20 heteroatoms. The molecule has 3 aromatic heterocycles. The van der Waals surface area contributed by atoms with Crippen LogP contribution in [0.25, 0.3) is 27.7 Å². The topological polar surface area (TPSA) is 151 Å². The van der Waals surface area contributed by atoms with Crippen molar-refractivity contribution < 1.29 is 49.0 Å². The second-order valence-corrected chi connectivity index (χ2v) is 17.2. The number of benzene rings is 3. The summed E-state index contributed by atoms with van der Waals surface area (Å²) >= 11 is 0. The lowest BCUT2D eigenvalue weighted by molar-refractivity contribution is -0.123. The zero-order valence-corrected chi connectivity index (χ0v) is 33.4. The Labute approximate surface area is 349 Å². The van der Waals surface area contributed by atoms with Gasteiger partial charge in [0, 0.05) is 54.9 Å². The van der Waals surface area contributed by atoms with Crippen LogP contribution in [0.2, 0.25) is 0 Å². The number of carbonyl (C=O) groups is 1. The van der Waals surface area contributed by atoms with Crippen LogP contribution >= 0.6 is 0 Å². The number of halogens is 6. The summed E-state index contributed by atoms with van der Waals surface area (Å²) in [6.45, 7) is -0.293. The molecule has 3 aliphatic rings. The number of nitrogens with one attached hydrogen (secondary N) is 1. The van der Waals surface area contributed by atoms with E-state index in [1.165, 1.54) is 47.9 Å². The van der Waals surface area contributed by atoms with Crippen LogP contribution in [0, 0.1) is 17.6 Å². The van der Waals surface area contributed by atoms with E-state index >= 15 is 8.78 Å². The standard InChI is InChI=1S/C42H35F6N7O6S/c1-60-35-9-3-24(20-49-35)23-2-8-29-32(17-23)51-40(55(41(29)57)27-4-6-28(7-5-27)62(58,59)53-10-12-61-13-11-53)33(16-22-14-25(43)18-26(44)15-22)50-34(56)21-54-38-36(37(52-54)39(45)46)30-19-31(30)42(38,47)48/h2-9,14-15,17-18,20,30-31,33,39H,10-13,16,19,21H2,1H3,(H,50,56)/t30?,31?,33-/m0/s1. The lowest BCUT2D eigenvalue weighted by atomic mass is 10.0. The van der Waals surface area contributed by atoms with Gasteiger partial charge in [0.25, 0.3) is 17.9 Å². The van der Waals surface area contributed by atoms with E-state index in [9.17, 15) is 35.6 Å². The number of morpholine rings is 1. The number of sulfonamides is 1. The number of hydrogen-bond acceptors (Lipinski definition) is 9. The number of fused-ring (bicyclic) bond motifs is 4. The van der Waals surface area contributed by atoms with Crippen molar-refractivity contribution in [2.45, 2.75) is 48.6 Å². The average Bonchev–Trinajstić information content (AvgIpc) is 3.91. The molecule has 0 spiro atoms. The molecule has 1 saturated heterocycles. The van der Waals surface area contributed by atoms with Gasteiger partial charge in [0.15, 0.2) is 0 Å². The van der Waals surface area contributed by atoms with Gasteiger partial charge in [0.05, 0.1) is 47.9 Å². The van der Waals surface area contributed by atoms with E-state index in [-0.39, 0.29) is 71.2 Å². The summed E-state index contributed by atoms with van der Waals surface area (Å²) < 4.78 is 129. The number of carbonyl (C=O) groups excluding carboxylic acids is 1. The van der Waals surface area contributed by atoms with Crippen LogP contribution in [0.5, 0.6) is 5.88 Å². The monoisotopic (exact) mass is 879 g/mol. The van der Waals surface area contributed by atoms with Crippen LogP contribution in [-0.2, 0) is 38.4 Å². The molecule has 2 fully saturated rings. The summed E-state index contributed by atoms with van der Waals surface area (Å²) in [5.74, 6) is -8.35. The molecule has 322 valence electrons. The number of amides is 1. The van der Waals surface area contributed by atoms with Crippen molar-refractivity contribution in [3.63, 3.8) is 0 Å². The fraction of sp³-hybridized carbons (Fsp3) is 0.310. The van der Waals surface area contributed by atoms with Gasteiger partial charge in [-0.25, -0.2) is 35.9 Å². The van der Waals surface area contributed by atoms with Gasteiger partial charge in [0.2, 0.25) is 21.8 Å². The predicted octanol–water partition coefficient (Wildman–Crippen LogP) is 6.20. The Hall–Kier alpha value is -6.12. The maximum atomic E-state index is 15.5. The van der Waals surface area contributed by atoms with Crippen molar-refractivity contribution in [1.29, 1.82) is 0 Å². The van der Waals surface area contributed by atoms with Gasteiger partial charge in [0.1, 0.15) is 35.4 Å². The first-order valence-electron chi connectivity index (χ1n) is 19.4. The van der Waals surface area contributed by atoms with Gasteiger partial charge in [-0.05, 0) is 78.1 Å². The van der Waals surface area contributed by atoms with Crippen molar-refractivity contribution in [3.8, 4) is 22.7 Å². The Bertz CT molecular complexity index is 2880. The Morgan fingerprint density at radius 3 is 2.35 bits per heavy atom. The second kappa shape index (κ2) is 15.7. The molecule has 4 heterocycles. The summed E-state index contributed by atoms with van der Waals surface area (Å²) in [6, 6.07) is 14.6. The second-order valence-electron chi connectivity index (χ2n) is 15.2. The van der Waals surface area contributed by atoms with Crippen LogP contribution < -0.4 is 15.6 Å². The van der Waals surface area contributed by atoms with E-state index in [1.807, 2.05) is 0 Å². The summed E-state index contributed by atoms with van der Waals surface area (Å²) in [4.78, 5) is 37.7. The van der Waals surface area contributed by atoms with Gasteiger partial charge in [-0.15, -0.1) is 0 Å². The van der Waals surface area contributed by atoms with E-state index in [0.717, 1.165) is 16.7 Å². The molecule has 1 amide bonds. The third-order valence-electron chi connectivity index (χ3n) is 11.3. The lowest BCUT2D eigenvalue weighted by Crippen LogP contribution is -2.40. The number of nitrogens with zero attached hydrogens (tertiary/aromatic N) is 6. The molecule has 2 aliphatic carbocycles. The van der Waals surface area contributed by atoms with Gasteiger partial charge in [-0.2, -0.15) is 18.2 Å². The minimum atomic E-state index is -3.98. The third-order valence-corrected chi connectivity index (χ3v) is 13.3. The smallest absolute Gasteiger partial charge is 0.293 e. The summed E-state index contributed by atoms with van der Waals surface area (Å²) in [5, 5.41) is 6.48. The molecule has 3 atom stereocenters. The third kappa shape index (κ3) is 7.38. The molecule has 1 N–H and O–H groups in total.